The number of nitrogens with zero attached hydrogens (tertiary/aromatic N) is 1. The fourth-order valence-corrected chi connectivity index (χ4v) is 2.06. The maximum atomic E-state index is 9.31. The number of rotatable bonds is 1. The minimum atomic E-state index is -0.0522. The van der Waals surface area contributed by atoms with Crippen LogP contribution in [-0.2, 0) is 4.74 Å². The van der Waals surface area contributed by atoms with E-state index >= 15 is 0 Å². The summed E-state index contributed by atoms with van der Waals surface area (Å²) < 4.78 is 5.33. The first-order valence-electron chi connectivity index (χ1n) is 4.86. The second-order valence-electron chi connectivity index (χ2n) is 3.78. The van der Waals surface area contributed by atoms with Gasteiger partial charge in [-0.25, -0.2) is 0 Å². The number of hydrogen-bond acceptors (Lipinski definition) is 3. The summed E-state index contributed by atoms with van der Waals surface area (Å²) in [6.45, 7) is 3.92. The van der Waals surface area contributed by atoms with Crippen molar-refractivity contribution in [2.75, 3.05) is 26.3 Å². The quantitative estimate of drug-likeness (QED) is 0.613. The molecule has 0 bridgehead atoms. The number of hydrogen-bond donors (Lipinski definition) is 1. The van der Waals surface area contributed by atoms with Crippen molar-refractivity contribution in [2.24, 2.45) is 0 Å². The van der Waals surface area contributed by atoms with Crippen molar-refractivity contribution in [3.8, 4) is 0 Å². The Hall–Kier alpha value is -0.120. The van der Waals surface area contributed by atoms with Crippen molar-refractivity contribution < 1.29 is 9.84 Å². The number of piperidine rings is 1. The van der Waals surface area contributed by atoms with Crippen molar-refractivity contribution in [3.63, 3.8) is 0 Å². The molecule has 1 unspecified atom stereocenters. The summed E-state index contributed by atoms with van der Waals surface area (Å²) in [4.78, 5) is 2.46. The third-order valence-electron chi connectivity index (χ3n) is 2.92. The summed E-state index contributed by atoms with van der Waals surface area (Å²) in [5.41, 5.74) is 0. The average molecular weight is 171 g/mol. The van der Waals surface area contributed by atoms with Crippen molar-refractivity contribution in [1.29, 1.82) is 0 Å². The zero-order valence-corrected chi connectivity index (χ0v) is 7.41. The lowest BCUT2D eigenvalue weighted by molar-refractivity contribution is 0.0558. The maximum absolute atomic E-state index is 9.31. The van der Waals surface area contributed by atoms with Crippen LogP contribution in [0.15, 0.2) is 0 Å². The third kappa shape index (κ3) is 1.79. The van der Waals surface area contributed by atoms with Gasteiger partial charge in [0.05, 0.1) is 12.7 Å². The number of likely N-dealkylation sites (tertiary alicyclic amines) is 1. The van der Waals surface area contributed by atoms with E-state index in [9.17, 15) is 5.11 Å². The summed E-state index contributed by atoms with van der Waals surface area (Å²) in [6, 6.07) is 0.637. The summed E-state index contributed by atoms with van der Waals surface area (Å²) >= 11 is 0. The smallest absolute Gasteiger partial charge is 0.0622 e. The van der Waals surface area contributed by atoms with Gasteiger partial charge in [-0.15, -0.1) is 0 Å². The Morgan fingerprint density at radius 2 is 1.92 bits per heavy atom. The molecule has 2 rings (SSSR count). The predicted molar refractivity (Wildman–Crippen MR) is 46.0 cm³/mol. The van der Waals surface area contributed by atoms with Crippen molar-refractivity contribution in [3.05, 3.63) is 0 Å². The molecule has 2 aliphatic heterocycles. The van der Waals surface area contributed by atoms with Gasteiger partial charge in [0.1, 0.15) is 0 Å². The molecule has 0 aliphatic carbocycles. The van der Waals surface area contributed by atoms with Gasteiger partial charge < -0.3 is 9.84 Å². The largest absolute Gasteiger partial charge is 0.393 e. The molecule has 0 amide bonds. The molecule has 12 heavy (non-hydrogen) atoms. The van der Waals surface area contributed by atoms with E-state index in [0.29, 0.717) is 6.04 Å². The standard InChI is InChI=1S/C9H17NO2/c11-9-1-4-10(5-2-9)8-3-6-12-7-8/h8-9,11H,1-7H2. The van der Waals surface area contributed by atoms with Gasteiger partial charge in [0.15, 0.2) is 0 Å². The van der Waals surface area contributed by atoms with Crippen LogP contribution in [0.1, 0.15) is 19.3 Å². The van der Waals surface area contributed by atoms with Gasteiger partial charge in [-0.3, -0.25) is 4.90 Å². The van der Waals surface area contributed by atoms with Gasteiger partial charge in [-0.2, -0.15) is 0 Å². The van der Waals surface area contributed by atoms with Crippen LogP contribution in [0.2, 0.25) is 0 Å². The van der Waals surface area contributed by atoms with E-state index in [1.54, 1.807) is 0 Å². The topological polar surface area (TPSA) is 32.7 Å². The SMILES string of the molecule is OC1CCN(C2CCOC2)CC1. The van der Waals surface area contributed by atoms with Crippen LogP contribution in [-0.4, -0.2) is 48.5 Å². The van der Waals surface area contributed by atoms with E-state index in [2.05, 4.69) is 4.90 Å². The number of aliphatic hydroxyl groups is 1. The van der Waals surface area contributed by atoms with Crippen molar-refractivity contribution in [2.45, 2.75) is 31.4 Å². The molecule has 2 heterocycles. The minimum Gasteiger partial charge on any atom is -0.393 e. The molecular formula is C9H17NO2. The Morgan fingerprint density at radius 3 is 2.50 bits per heavy atom. The fourth-order valence-electron chi connectivity index (χ4n) is 2.06. The molecular weight excluding hydrogens is 154 g/mol. The first-order chi connectivity index (χ1) is 5.86. The molecule has 2 saturated heterocycles. The third-order valence-corrected chi connectivity index (χ3v) is 2.92. The van der Waals surface area contributed by atoms with E-state index in [1.807, 2.05) is 0 Å². The van der Waals surface area contributed by atoms with Crippen LogP contribution in [0.5, 0.6) is 0 Å². The molecule has 0 radical (unpaired) electrons. The van der Waals surface area contributed by atoms with E-state index < -0.39 is 0 Å². The second kappa shape index (κ2) is 3.73. The monoisotopic (exact) mass is 171 g/mol. The summed E-state index contributed by atoms with van der Waals surface area (Å²) in [7, 11) is 0. The molecule has 0 aromatic rings. The van der Waals surface area contributed by atoms with Gasteiger partial charge in [-0.05, 0) is 19.3 Å². The number of ether oxygens (including phenoxy) is 1. The summed E-state index contributed by atoms with van der Waals surface area (Å²) in [6.07, 6.45) is 3.01. The summed E-state index contributed by atoms with van der Waals surface area (Å²) in [5, 5.41) is 9.31. The lowest BCUT2D eigenvalue weighted by Crippen LogP contribution is -2.43. The second-order valence-corrected chi connectivity index (χ2v) is 3.78. The van der Waals surface area contributed by atoms with Gasteiger partial charge in [0, 0.05) is 25.7 Å². The molecule has 0 aromatic heterocycles. The molecule has 0 spiro atoms. The van der Waals surface area contributed by atoms with E-state index in [1.165, 1.54) is 6.42 Å². The lowest BCUT2D eigenvalue weighted by Gasteiger charge is -2.33. The van der Waals surface area contributed by atoms with Gasteiger partial charge in [0.2, 0.25) is 0 Å². The molecule has 3 heteroatoms. The van der Waals surface area contributed by atoms with E-state index in [-0.39, 0.29) is 6.10 Å². The van der Waals surface area contributed by atoms with E-state index in [4.69, 9.17) is 4.74 Å². The highest BCUT2D eigenvalue weighted by Gasteiger charge is 2.26. The predicted octanol–water partition coefficient (Wildman–Crippen LogP) is 0.232. The molecule has 70 valence electrons. The molecule has 1 N–H and O–H groups in total. The normalized spacial score (nSPS) is 34.2. The number of aliphatic hydroxyl groups excluding tert-OH is 1. The van der Waals surface area contributed by atoms with Crippen LogP contribution in [0.3, 0.4) is 0 Å². The van der Waals surface area contributed by atoms with Crippen molar-refractivity contribution in [1.82, 2.24) is 4.90 Å². The summed E-state index contributed by atoms with van der Waals surface area (Å²) in [5.74, 6) is 0. The highest BCUT2D eigenvalue weighted by Crippen LogP contribution is 2.18. The van der Waals surface area contributed by atoms with Gasteiger partial charge in [0.25, 0.3) is 0 Å². The Kier molecular flexibility index (Phi) is 2.63. The molecule has 3 nitrogen and oxygen atoms in total. The fraction of sp³-hybridized carbons (Fsp3) is 1.00. The van der Waals surface area contributed by atoms with Crippen molar-refractivity contribution >= 4 is 0 Å². The highest BCUT2D eigenvalue weighted by atomic mass is 16.5. The maximum Gasteiger partial charge on any atom is 0.0622 e. The zero-order valence-electron chi connectivity index (χ0n) is 7.41. The van der Waals surface area contributed by atoms with E-state index in [0.717, 1.165) is 39.1 Å². The first kappa shape index (κ1) is 8.48. The zero-order chi connectivity index (χ0) is 8.39. The molecule has 0 saturated carbocycles. The molecule has 0 aromatic carbocycles. The Morgan fingerprint density at radius 1 is 1.17 bits per heavy atom. The Labute approximate surface area is 73.3 Å². The Bertz CT molecular complexity index is 137. The van der Waals surface area contributed by atoms with Gasteiger partial charge in [-0.1, -0.05) is 0 Å². The highest BCUT2D eigenvalue weighted by molar-refractivity contribution is 4.80. The van der Waals surface area contributed by atoms with Gasteiger partial charge >= 0.3 is 0 Å². The lowest BCUT2D eigenvalue weighted by atomic mass is 10.1. The van der Waals surface area contributed by atoms with Crippen LogP contribution in [0, 0.1) is 0 Å². The first-order valence-corrected chi connectivity index (χ1v) is 4.86. The molecule has 2 aliphatic rings. The molecule has 2 fully saturated rings. The van der Waals surface area contributed by atoms with Crippen LogP contribution in [0.4, 0.5) is 0 Å². The van der Waals surface area contributed by atoms with Crippen LogP contribution < -0.4 is 0 Å². The van der Waals surface area contributed by atoms with Crippen LogP contribution in [0.25, 0.3) is 0 Å². The minimum absolute atomic E-state index is 0.0522. The average Bonchev–Trinajstić information content (AvgIpc) is 2.58. The Balaban J connectivity index is 1.80. The molecule has 1 atom stereocenters. The van der Waals surface area contributed by atoms with Crippen LogP contribution >= 0.6 is 0 Å².